The molecular formula is C8H6F3NO2. The Morgan fingerprint density at radius 2 is 1.71 bits per heavy atom. The minimum Gasteiger partial charge on any atom is -0.480 e. The van der Waals surface area contributed by atoms with Crippen LogP contribution in [-0.2, 0) is 4.79 Å². The number of aliphatic carboxylic acids is 1. The SMILES string of the molecule is N[C@@H](C(=O)O)c1cc(F)c(F)cc1F. The summed E-state index contributed by atoms with van der Waals surface area (Å²) in [6.07, 6.45) is 0. The Bertz CT molecular complexity index is 381. The molecule has 0 aromatic heterocycles. The molecule has 0 radical (unpaired) electrons. The molecule has 14 heavy (non-hydrogen) atoms. The molecule has 0 unspecified atom stereocenters. The highest BCUT2D eigenvalue weighted by molar-refractivity contribution is 5.75. The Balaban J connectivity index is 3.22. The van der Waals surface area contributed by atoms with Crippen molar-refractivity contribution in [2.24, 2.45) is 5.73 Å². The second-order valence-corrected chi connectivity index (χ2v) is 2.60. The number of hydrogen-bond donors (Lipinski definition) is 2. The third-order valence-electron chi connectivity index (χ3n) is 1.64. The molecule has 0 saturated heterocycles. The lowest BCUT2D eigenvalue weighted by Gasteiger charge is -2.08. The second kappa shape index (κ2) is 3.67. The Labute approximate surface area is 77.0 Å². The van der Waals surface area contributed by atoms with Gasteiger partial charge in [0.25, 0.3) is 0 Å². The first-order valence-electron chi connectivity index (χ1n) is 3.56. The van der Waals surface area contributed by atoms with E-state index in [9.17, 15) is 18.0 Å². The molecule has 1 aromatic rings. The van der Waals surface area contributed by atoms with Crippen molar-refractivity contribution in [2.75, 3.05) is 0 Å². The average molecular weight is 205 g/mol. The normalized spacial score (nSPS) is 12.6. The lowest BCUT2D eigenvalue weighted by Crippen LogP contribution is -2.22. The summed E-state index contributed by atoms with van der Waals surface area (Å²) in [5, 5.41) is 8.41. The van der Waals surface area contributed by atoms with Crippen LogP contribution >= 0.6 is 0 Å². The van der Waals surface area contributed by atoms with Crippen LogP contribution in [0.5, 0.6) is 0 Å². The smallest absolute Gasteiger partial charge is 0.325 e. The molecule has 0 fully saturated rings. The first-order chi connectivity index (χ1) is 6.43. The summed E-state index contributed by atoms with van der Waals surface area (Å²) in [6.45, 7) is 0. The topological polar surface area (TPSA) is 63.3 Å². The Hall–Kier alpha value is -1.56. The van der Waals surface area contributed by atoms with E-state index in [0.29, 0.717) is 6.07 Å². The summed E-state index contributed by atoms with van der Waals surface area (Å²) < 4.78 is 37.9. The molecule has 0 aliphatic carbocycles. The van der Waals surface area contributed by atoms with Crippen LogP contribution in [0, 0.1) is 17.5 Å². The molecular weight excluding hydrogens is 199 g/mol. The first-order valence-corrected chi connectivity index (χ1v) is 3.56. The summed E-state index contributed by atoms with van der Waals surface area (Å²) in [4.78, 5) is 10.3. The number of rotatable bonds is 2. The maximum absolute atomic E-state index is 12.9. The van der Waals surface area contributed by atoms with Gasteiger partial charge in [-0.1, -0.05) is 0 Å². The van der Waals surface area contributed by atoms with Crippen LogP contribution in [0.25, 0.3) is 0 Å². The highest BCUT2D eigenvalue weighted by Crippen LogP contribution is 2.18. The maximum atomic E-state index is 12.9. The van der Waals surface area contributed by atoms with E-state index >= 15 is 0 Å². The molecule has 0 heterocycles. The van der Waals surface area contributed by atoms with Gasteiger partial charge in [0.2, 0.25) is 0 Å². The zero-order valence-electron chi connectivity index (χ0n) is 6.80. The highest BCUT2D eigenvalue weighted by Gasteiger charge is 2.20. The largest absolute Gasteiger partial charge is 0.480 e. The van der Waals surface area contributed by atoms with Crippen LogP contribution in [0.1, 0.15) is 11.6 Å². The third kappa shape index (κ3) is 1.85. The van der Waals surface area contributed by atoms with E-state index in [-0.39, 0.29) is 6.07 Å². The van der Waals surface area contributed by atoms with Gasteiger partial charge in [-0.15, -0.1) is 0 Å². The standard InChI is InChI=1S/C8H6F3NO2/c9-4-2-6(11)5(10)1-3(4)7(12)8(13)14/h1-2,7H,12H2,(H,13,14)/t7-/m1/s1. The molecule has 1 rings (SSSR count). The molecule has 0 spiro atoms. The van der Waals surface area contributed by atoms with E-state index < -0.39 is 35.0 Å². The highest BCUT2D eigenvalue weighted by atomic mass is 19.2. The maximum Gasteiger partial charge on any atom is 0.325 e. The van der Waals surface area contributed by atoms with E-state index in [1.165, 1.54) is 0 Å². The zero-order chi connectivity index (χ0) is 10.9. The molecule has 76 valence electrons. The van der Waals surface area contributed by atoms with Gasteiger partial charge < -0.3 is 10.8 Å². The Morgan fingerprint density at radius 1 is 1.21 bits per heavy atom. The van der Waals surface area contributed by atoms with Crippen molar-refractivity contribution in [2.45, 2.75) is 6.04 Å². The molecule has 3 N–H and O–H groups in total. The summed E-state index contributed by atoms with van der Waals surface area (Å²) >= 11 is 0. The van der Waals surface area contributed by atoms with Gasteiger partial charge in [-0.05, 0) is 6.07 Å². The minimum absolute atomic E-state index is 0.257. The summed E-state index contributed by atoms with van der Waals surface area (Å²) in [5.41, 5.74) is 4.44. The van der Waals surface area contributed by atoms with Gasteiger partial charge in [0, 0.05) is 11.6 Å². The number of carbonyl (C=O) groups is 1. The van der Waals surface area contributed by atoms with Crippen LogP contribution in [0.15, 0.2) is 12.1 Å². The lowest BCUT2D eigenvalue weighted by molar-refractivity contribution is -0.138. The predicted octanol–water partition coefficient (Wildman–Crippen LogP) is 1.19. The van der Waals surface area contributed by atoms with E-state index in [1.54, 1.807) is 0 Å². The summed E-state index contributed by atoms with van der Waals surface area (Å²) in [6, 6.07) is -1.01. The van der Waals surface area contributed by atoms with Crippen molar-refractivity contribution < 1.29 is 23.1 Å². The van der Waals surface area contributed by atoms with Crippen LogP contribution in [0.2, 0.25) is 0 Å². The van der Waals surface area contributed by atoms with Crippen molar-refractivity contribution in [1.82, 2.24) is 0 Å². The van der Waals surface area contributed by atoms with E-state index in [0.717, 1.165) is 0 Å². The number of nitrogens with two attached hydrogens (primary N) is 1. The third-order valence-corrected chi connectivity index (χ3v) is 1.64. The van der Waals surface area contributed by atoms with Gasteiger partial charge in [0.15, 0.2) is 11.6 Å². The average Bonchev–Trinajstić information content (AvgIpc) is 2.10. The van der Waals surface area contributed by atoms with Crippen LogP contribution in [0.3, 0.4) is 0 Å². The van der Waals surface area contributed by atoms with Crippen molar-refractivity contribution in [1.29, 1.82) is 0 Å². The fourth-order valence-corrected chi connectivity index (χ4v) is 0.909. The fourth-order valence-electron chi connectivity index (χ4n) is 0.909. The number of carboxylic acids is 1. The minimum atomic E-state index is -1.70. The van der Waals surface area contributed by atoms with Gasteiger partial charge in [-0.2, -0.15) is 0 Å². The quantitative estimate of drug-likeness (QED) is 0.713. The molecule has 0 bridgehead atoms. The number of carboxylic acid groups (broad SMARTS) is 1. The molecule has 0 aliphatic heterocycles. The number of hydrogen-bond acceptors (Lipinski definition) is 2. The fraction of sp³-hybridized carbons (Fsp3) is 0.125. The van der Waals surface area contributed by atoms with E-state index in [1.807, 2.05) is 0 Å². The van der Waals surface area contributed by atoms with Crippen molar-refractivity contribution in [3.63, 3.8) is 0 Å². The van der Waals surface area contributed by atoms with Crippen LogP contribution in [-0.4, -0.2) is 11.1 Å². The summed E-state index contributed by atoms with van der Waals surface area (Å²) in [5.74, 6) is -5.42. The van der Waals surface area contributed by atoms with Crippen molar-refractivity contribution in [3.05, 3.63) is 35.1 Å². The lowest BCUT2D eigenvalue weighted by atomic mass is 10.1. The van der Waals surface area contributed by atoms with Gasteiger partial charge >= 0.3 is 5.97 Å². The van der Waals surface area contributed by atoms with E-state index in [2.05, 4.69) is 0 Å². The van der Waals surface area contributed by atoms with Crippen LogP contribution < -0.4 is 5.73 Å². The Morgan fingerprint density at radius 3 is 2.21 bits per heavy atom. The van der Waals surface area contributed by atoms with Crippen molar-refractivity contribution in [3.8, 4) is 0 Å². The Kier molecular flexibility index (Phi) is 2.76. The molecule has 0 saturated carbocycles. The van der Waals surface area contributed by atoms with Crippen molar-refractivity contribution >= 4 is 5.97 Å². The van der Waals surface area contributed by atoms with Crippen LogP contribution in [0.4, 0.5) is 13.2 Å². The number of benzene rings is 1. The van der Waals surface area contributed by atoms with Gasteiger partial charge in [-0.3, -0.25) is 4.79 Å². The molecule has 1 aromatic carbocycles. The second-order valence-electron chi connectivity index (χ2n) is 2.60. The monoisotopic (exact) mass is 205 g/mol. The zero-order valence-corrected chi connectivity index (χ0v) is 6.80. The van der Waals surface area contributed by atoms with Gasteiger partial charge in [0.1, 0.15) is 11.9 Å². The summed E-state index contributed by atoms with van der Waals surface area (Å²) in [7, 11) is 0. The van der Waals surface area contributed by atoms with Gasteiger partial charge in [-0.25, -0.2) is 13.2 Å². The van der Waals surface area contributed by atoms with Gasteiger partial charge in [0.05, 0.1) is 0 Å². The first kappa shape index (κ1) is 10.5. The molecule has 1 atom stereocenters. The molecule has 6 heteroatoms. The predicted molar refractivity (Wildman–Crippen MR) is 40.9 cm³/mol. The molecule has 3 nitrogen and oxygen atoms in total. The number of halogens is 3. The molecule has 0 aliphatic rings. The van der Waals surface area contributed by atoms with E-state index in [4.69, 9.17) is 10.8 Å². The molecule has 0 amide bonds.